The van der Waals surface area contributed by atoms with Crippen LogP contribution in [0.15, 0.2) is 42.5 Å². The predicted octanol–water partition coefficient (Wildman–Crippen LogP) is 4.26. The Morgan fingerprint density at radius 3 is 2.25 bits per heavy atom. The molecule has 4 nitrogen and oxygen atoms in total. The second-order valence-electron chi connectivity index (χ2n) is 5.25. The molecule has 2 N–H and O–H groups in total. The van der Waals surface area contributed by atoms with Crippen molar-refractivity contribution in [3.63, 3.8) is 0 Å². The van der Waals surface area contributed by atoms with Gasteiger partial charge in [0.2, 0.25) is 0 Å². The van der Waals surface area contributed by atoms with E-state index in [0.29, 0.717) is 0 Å². The monoisotopic (exact) mass is 338 g/mol. The molecule has 0 bridgehead atoms. The minimum absolute atomic E-state index is 0.0213. The Kier molecular flexibility index (Phi) is 4.64. The number of benzene rings is 2. The lowest BCUT2D eigenvalue weighted by Crippen LogP contribution is -2.12. The molecule has 0 radical (unpaired) electrons. The summed E-state index contributed by atoms with van der Waals surface area (Å²) in [5, 5.41) is 17.9. The van der Waals surface area contributed by atoms with Crippen molar-refractivity contribution in [3.8, 4) is 11.1 Å². The summed E-state index contributed by atoms with van der Waals surface area (Å²) < 4.78 is 40.1. The van der Waals surface area contributed by atoms with Gasteiger partial charge in [0.25, 0.3) is 0 Å². The quantitative estimate of drug-likeness (QED) is 0.873. The molecule has 0 fully saturated rings. The maximum atomic E-state index is 13.4. The molecular weight excluding hydrogens is 325 g/mol. The number of carboxylic acid groups (broad SMARTS) is 2. The highest BCUT2D eigenvalue weighted by atomic mass is 19.4. The standard InChI is InChI=1S/C17H13F3O4/c1-9(15(21)22)10-5-6-13(14(8-10)17(18,19)20)11-3-2-4-12(7-11)16(23)24/h2-9H,1H3,(H,21,22)(H,23,24). The van der Waals surface area contributed by atoms with Crippen LogP contribution in [0.4, 0.5) is 13.2 Å². The number of aromatic carboxylic acids is 1. The van der Waals surface area contributed by atoms with Gasteiger partial charge >= 0.3 is 18.1 Å². The van der Waals surface area contributed by atoms with Gasteiger partial charge in [-0.1, -0.05) is 24.3 Å². The summed E-state index contributed by atoms with van der Waals surface area (Å²) >= 11 is 0. The van der Waals surface area contributed by atoms with Crippen LogP contribution in [-0.4, -0.2) is 22.2 Å². The van der Waals surface area contributed by atoms with Crippen LogP contribution < -0.4 is 0 Å². The maximum Gasteiger partial charge on any atom is 0.417 e. The van der Waals surface area contributed by atoms with Gasteiger partial charge in [-0.05, 0) is 41.8 Å². The molecule has 0 saturated carbocycles. The van der Waals surface area contributed by atoms with Crippen molar-refractivity contribution in [2.75, 3.05) is 0 Å². The first-order valence-electron chi connectivity index (χ1n) is 6.89. The van der Waals surface area contributed by atoms with E-state index < -0.39 is 29.6 Å². The van der Waals surface area contributed by atoms with E-state index in [2.05, 4.69) is 0 Å². The molecule has 0 amide bonds. The molecule has 7 heteroatoms. The molecule has 1 unspecified atom stereocenters. The summed E-state index contributed by atoms with van der Waals surface area (Å²) in [6.07, 6.45) is -4.71. The highest BCUT2D eigenvalue weighted by Gasteiger charge is 2.34. The number of aliphatic carboxylic acids is 1. The van der Waals surface area contributed by atoms with Crippen molar-refractivity contribution >= 4 is 11.9 Å². The van der Waals surface area contributed by atoms with Crippen LogP contribution in [0.25, 0.3) is 11.1 Å². The third-order valence-corrected chi connectivity index (χ3v) is 3.64. The highest BCUT2D eigenvalue weighted by Crippen LogP contribution is 2.39. The topological polar surface area (TPSA) is 74.6 Å². The average molecular weight is 338 g/mol. The Balaban J connectivity index is 2.64. The van der Waals surface area contributed by atoms with Crippen LogP contribution in [0.3, 0.4) is 0 Å². The average Bonchev–Trinajstić information content (AvgIpc) is 2.52. The van der Waals surface area contributed by atoms with Crippen LogP contribution in [0.2, 0.25) is 0 Å². The zero-order valence-electron chi connectivity index (χ0n) is 12.5. The zero-order valence-corrected chi connectivity index (χ0v) is 12.5. The molecule has 0 aliphatic heterocycles. The summed E-state index contributed by atoms with van der Waals surface area (Å²) in [6.45, 7) is 1.29. The Morgan fingerprint density at radius 1 is 1.04 bits per heavy atom. The van der Waals surface area contributed by atoms with Crippen molar-refractivity contribution < 1.29 is 33.0 Å². The van der Waals surface area contributed by atoms with Crippen LogP contribution in [0.5, 0.6) is 0 Å². The van der Waals surface area contributed by atoms with E-state index in [1.54, 1.807) is 0 Å². The number of hydrogen-bond donors (Lipinski definition) is 2. The van der Waals surface area contributed by atoms with Gasteiger partial charge in [0.15, 0.2) is 0 Å². The van der Waals surface area contributed by atoms with Crippen molar-refractivity contribution in [1.29, 1.82) is 0 Å². The van der Waals surface area contributed by atoms with E-state index in [1.165, 1.54) is 37.3 Å². The van der Waals surface area contributed by atoms with E-state index in [9.17, 15) is 22.8 Å². The van der Waals surface area contributed by atoms with E-state index in [0.717, 1.165) is 12.1 Å². The number of alkyl halides is 3. The number of carbonyl (C=O) groups is 2. The molecule has 24 heavy (non-hydrogen) atoms. The van der Waals surface area contributed by atoms with Gasteiger partial charge in [-0.25, -0.2) is 4.79 Å². The Morgan fingerprint density at radius 2 is 1.71 bits per heavy atom. The van der Waals surface area contributed by atoms with E-state index >= 15 is 0 Å². The third-order valence-electron chi connectivity index (χ3n) is 3.64. The lowest BCUT2D eigenvalue weighted by atomic mass is 9.92. The normalized spacial score (nSPS) is 12.7. The second-order valence-corrected chi connectivity index (χ2v) is 5.25. The van der Waals surface area contributed by atoms with Crippen molar-refractivity contribution in [1.82, 2.24) is 0 Å². The molecule has 0 spiro atoms. The predicted molar refractivity (Wildman–Crippen MR) is 79.9 cm³/mol. The minimum atomic E-state index is -4.71. The maximum absolute atomic E-state index is 13.4. The molecule has 0 aliphatic rings. The van der Waals surface area contributed by atoms with Crippen LogP contribution >= 0.6 is 0 Å². The number of hydrogen-bond acceptors (Lipinski definition) is 2. The summed E-state index contributed by atoms with van der Waals surface area (Å²) in [5.41, 5.74) is -1.23. The SMILES string of the molecule is CC(C(=O)O)c1ccc(-c2cccc(C(=O)O)c2)c(C(F)(F)F)c1. The molecule has 126 valence electrons. The molecule has 2 aromatic carbocycles. The molecule has 1 atom stereocenters. The summed E-state index contributed by atoms with van der Waals surface area (Å²) in [5.74, 6) is -3.57. The molecule has 0 aromatic heterocycles. The molecule has 2 aromatic rings. The summed E-state index contributed by atoms with van der Waals surface area (Å²) in [7, 11) is 0. The fraction of sp³-hybridized carbons (Fsp3) is 0.176. The van der Waals surface area contributed by atoms with Crippen LogP contribution in [0, 0.1) is 0 Å². The highest BCUT2D eigenvalue weighted by molar-refractivity contribution is 5.89. The fourth-order valence-electron chi connectivity index (χ4n) is 2.28. The largest absolute Gasteiger partial charge is 0.481 e. The van der Waals surface area contributed by atoms with Gasteiger partial charge in [0.05, 0.1) is 17.0 Å². The minimum Gasteiger partial charge on any atom is -0.481 e. The van der Waals surface area contributed by atoms with Crippen LogP contribution in [0.1, 0.15) is 34.3 Å². The van der Waals surface area contributed by atoms with Gasteiger partial charge in [-0.3, -0.25) is 4.79 Å². The molecule has 0 heterocycles. The van der Waals surface area contributed by atoms with Gasteiger partial charge in [0, 0.05) is 0 Å². The van der Waals surface area contributed by atoms with Gasteiger partial charge in [-0.2, -0.15) is 13.2 Å². The van der Waals surface area contributed by atoms with Crippen molar-refractivity contribution in [2.24, 2.45) is 0 Å². The molecule has 0 aliphatic carbocycles. The Hall–Kier alpha value is -2.83. The third kappa shape index (κ3) is 3.56. The Bertz CT molecular complexity index is 797. The molecular formula is C17H13F3O4. The zero-order chi connectivity index (χ0) is 18.1. The summed E-state index contributed by atoms with van der Waals surface area (Å²) in [6, 6.07) is 8.41. The number of halogens is 3. The van der Waals surface area contributed by atoms with E-state index in [4.69, 9.17) is 10.2 Å². The first-order chi connectivity index (χ1) is 11.1. The summed E-state index contributed by atoms with van der Waals surface area (Å²) in [4.78, 5) is 22.0. The fourth-order valence-corrected chi connectivity index (χ4v) is 2.28. The first-order valence-corrected chi connectivity index (χ1v) is 6.89. The van der Waals surface area contributed by atoms with Crippen LogP contribution in [-0.2, 0) is 11.0 Å². The van der Waals surface area contributed by atoms with E-state index in [1.807, 2.05) is 0 Å². The van der Waals surface area contributed by atoms with Gasteiger partial charge in [-0.15, -0.1) is 0 Å². The lowest BCUT2D eigenvalue weighted by Gasteiger charge is -2.16. The Labute approximate surface area is 135 Å². The van der Waals surface area contributed by atoms with Crippen molar-refractivity contribution in [3.05, 3.63) is 59.2 Å². The van der Waals surface area contributed by atoms with E-state index in [-0.39, 0.29) is 22.3 Å². The molecule has 0 saturated heterocycles. The lowest BCUT2D eigenvalue weighted by molar-refractivity contribution is -0.139. The smallest absolute Gasteiger partial charge is 0.417 e. The second kappa shape index (κ2) is 6.35. The number of carboxylic acids is 2. The first kappa shape index (κ1) is 17.5. The van der Waals surface area contributed by atoms with Gasteiger partial charge < -0.3 is 10.2 Å². The number of rotatable bonds is 4. The van der Waals surface area contributed by atoms with Gasteiger partial charge in [0.1, 0.15) is 0 Å². The van der Waals surface area contributed by atoms with Crippen molar-refractivity contribution in [2.45, 2.75) is 19.0 Å². The molecule has 2 rings (SSSR count).